The minimum absolute atomic E-state index is 0.457. The molecule has 0 atom stereocenters. The minimum Gasteiger partial charge on any atom is -0.292 e. The van der Waals surface area contributed by atoms with Gasteiger partial charge in [0, 0.05) is 24.7 Å². The fraction of sp³-hybridized carbons (Fsp3) is 0. The van der Waals surface area contributed by atoms with Gasteiger partial charge >= 0.3 is 5.69 Å². The molecule has 6 nitrogen and oxygen atoms in total. The number of aromatic nitrogens is 2. The number of hydrogen-bond acceptors (Lipinski definition) is 4. The van der Waals surface area contributed by atoms with Gasteiger partial charge in [0.25, 0.3) is 5.56 Å². The van der Waals surface area contributed by atoms with E-state index < -0.39 is 11.2 Å². The lowest BCUT2D eigenvalue weighted by atomic mass is 10.6. The summed E-state index contributed by atoms with van der Waals surface area (Å²) in [5.74, 6) is 0. The molecule has 0 saturated carbocycles. The summed E-state index contributed by atoms with van der Waals surface area (Å²) in [7, 11) is 0. The molecule has 0 amide bonds. The third-order valence-corrected chi connectivity index (χ3v) is 1.16. The maximum absolute atomic E-state index is 10.9. The quantitative estimate of drug-likeness (QED) is 0.492. The molecule has 1 aromatic rings. The molecule has 0 unspecified atom stereocenters. The molecule has 1 heterocycles. The van der Waals surface area contributed by atoms with E-state index in [1.165, 1.54) is 18.5 Å². The predicted octanol–water partition coefficient (Wildman–Crippen LogP) is -1.06. The Morgan fingerprint density at radius 1 is 1.58 bits per heavy atom. The van der Waals surface area contributed by atoms with Crippen molar-refractivity contribution in [1.29, 1.82) is 0 Å². The first-order chi connectivity index (χ1) is 5.74. The molecule has 0 aliphatic heterocycles. The van der Waals surface area contributed by atoms with Crippen LogP contribution in [0, 0.1) is 0 Å². The topological polar surface area (TPSA) is 87.1 Å². The summed E-state index contributed by atoms with van der Waals surface area (Å²) in [6.07, 6.45) is 3.69. The molecule has 3 N–H and O–H groups in total. The monoisotopic (exact) mass is 169 g/mol. The molecule has 6 heteroatoms. The minimum atomic E-state index is -0.561. The summed E-state index contributed by atoms with van der Waals surface area (Å²) in [6.45, 7) is 0. The van der Waals surface area contributed by atoms with Gasteiger partial charge in [-0.2, -0.15) is 0 Å². The Hall–Kier alpha value is -1.82. The molecule has 0 fully saturated rings. The molecule has 0 saturated heterocycles. The number of hydrogen-bond donors (Lipinski definition) is 3. The number of rotatable bonds is 2. The molecule has 0 spiro atoms. The van der Waals surface area contributed by atoms with E-state index in [0.29, 0.717) is 0 Å². The van der Waals surface area contributed by atoms with Gasteiger partial charge in [-0.15, -0.1) is 0 Å². The zero-order valence-electron chi connectivity index (χ0n) is 6.02. The Kier molecular flexibility index (Phi) is 2.44. The van der Waals surface area contributed by atoms with Crippen LogP contribution < -0.4 is 16.7 Å². The number of aromatic amines is 1. The van der Waals surface area contributed by atoms with Crippen LogP contribution in [-0.2, 0) is 0 Å². The van der Waals surface area contributed by atoms with Crippen molar-refractivity contribution >= 4 is 6.20 Å². The van der Waals surface area contributed by atoms with Gasteiger partial charge in [0.1, 0.15) is 0 Å². The lowest BCUT2D eigenvalue weighted by Crippen LogP contribution is -2.25. The van der Waals surface area contributed by atoms with Gasteiger partial charge in [0.05, 0.1) is 0 Å². The van der Waals surface area contributed by atoms with Crippen LogP contribution in [0.15, 0.2) is 28.1 Å². The van der Waals surface area contributed by atoms with Crippen molar-refractivity contribution in [2.75, 3.05) is 0 Å². The second kappa shape index (κ2) is 3.54. The van der Waals surface area contributed by atoms with E-state index in [2.05, 4.69) is 0 Å². The molecule has 1 rings (SSSR count). The zero-order valence-corrected chi connectivity index (χ0v) is 6.02. The van der Waals surface area contributed by atoms with Gasteiger partial charge in [0.15, 0.2) is 0 Å². The molecule has 0 aliphatic rings. The number of hydroxylamine groups is 1. The summed E-state index contributed by atoms with van der Waals surface area (Å²) in [5, 5.41) is 8.15. The average Bonchev–Trinajstić information content (AvgIpc) is 2.03. The number of H-pyrrole nitrogens is 1. The van der Waals surface area contributed by atoms with E-state index in [0.717, 1.165) is 10.8 Å². The Balaban J connectivity index is 3.11. The smallest absolute Gasteiger partial charge is 0.292 e. The Labute approximate surface area is 66.7 Å². The van der Waals surface area contributed by atoms with Crippen molar-refractivity contribution < 1.29 is 5.21 Å². The second-order valence-corrected chi connectivity index (χ2v) is 1.96. The molecule has 0 bridgehead atoms. The number of nitrogens with zero attached hydrogens (tertiary/aromatic N) is 1. The fourth-order valence-electron chi connectivity index (χ4n) is 0.658. The maximum atomic E-state index is 10.9. The van der Waals surface area contributed by atoms with Crippen LogP contribution in [0.4, 0.5) is 0 Å². The Morgan fingerprint density at radius 2 is 2.33 bits per heavy atom. The Bertz CT molecular complexity index is 390. The van der Waals surface area contributed by atoms with Crippen molar-refractivity contribution in [3.63, 3.8) is 0 Å². The third kappa shape index (κ3) is 1.83. The molecule has 0 aliphatic carbocycles. The third-order valence-electron chi connectivity index (χ3n) is 1.16. The van der Waals surface area contributed by atoms with Crippen LogP contribution >= 0.6 is 0 Å². The first kappa shape index (κ1) is 8.28. The van der Waals surface area contributed by atoms with Crippen molar-refractivity contribution in [3.8, 4) is 0 Å². The zero-order chi connectivity index (χ0) is 8.97. The summed E-state index contributed by atoms with van der Waals surface area (Å²) < 4.78 is 1.10. The number of nitrogens with one attached hydrogen (secondary N) is 2. The lowest BCUT2D eigenvalue weighted by Gasteiger charge is -1.93. The SMILES string of the molecule is O=c1ccn(C=CNO)c(=O)[nH]1. The summed E-state index contributed by atoms with van der Waals surface area (Å²) in [6, 6.07) is 1.20. The summed E-state index contributed by atoms with van der Waals surface area (Å²) >= 11 is 0. The van der Waals surface area contributed by atoms with Crippen LogP contribution in [0.25, 0.3) is 6.20 Å². The molecular weight excluding hydrogens is 162 g/mol. The van der Waals surface area contributed by atoms with Gasteiger partial charge in [0.2, 0.25) is 0 Å². The van der Waals surface area contributed by atoms with Gasteiger partial charge in [-0.1, -0.05) is 0 Å². The van der Waals surface area contributed by atoms with E-state index in [-0.39, 0.29) is 0 Å². The largest absolute Gasteiger partial charge is 0.332 e. The van der Waals surface area contributed by atoms with Crippen LogP contribution in [0.1, 0.15) is 0 Å². The highest BCUT2D eigenvalue weighted by molar-refractivity contribution is 5.19. The van der Waals surface area contributed by atoms with E-state index in [4.69, 9.17) is 5.21 Å². The lowest BCUT2D eigenvalue weighted by molar-refractivity contribution is 0.215. The first-order valence-electron chi connectivity index (χ1n) is 3.12. The van der Waals surface area contributed by atoms with Gasteiger partial charge in [-0.05, 0) is 0 Å². The van der Waals surface area contributed by atoms with Crippen molar-refractivity contribution in [3.05, 3.63) is 39.3 Å². The van der Waals surface area contributed by atoms with E-state index in [1.807, 2.05) is 4.98 Å². The van der Waals surface area contributed by atoms with Gasteiger partial charge in [-0.3, -0.25) is 25.0 Å². The average molecular weight is 169 g/mol. The highest BCUT2D eigenvalue weighted by Gasteiger charge is 1.89. The highest BCUT2D eigenvalue weighted by atomic mass is 16.5. The highest BCUT2D eigenvalue weighted by Crippen LogP contribution is 1.74. The normalized spacial score (nSPS) is 10.4. The fourth-order valence-corrected chi connectivity index (χ4v) is 0.658. The van der Waals surface area contributed by atoms with Crippen molar-refractivity contribution in [2.45, 2.75) is 0 Å². The standard InChI is InChI=1S/C6H7N3O3/c10-5-1-3-9(4-2-7-12)6(11)8-5/h1-4,7,12H,(H,8,10,11). The summed E-state index contributed by atoms with van der Waals surface area (Å²) in [5.41, 5.74) is 0.708. The first-order valence-corrected chi connectivity index (χ1v) is 3.12. The molecular formula is C6H7N3O3. The predicted molar refractivity (Wildman–Crippen MR) is 41.6 cm³/mol. The van der Waals surface area contributed by atoms with Gasteiger partial charge < -0.3 is 0 Å². The van der Waals surface area contributed by atoms with Crippen LogP contribution in [0.2, 0.25) is 0 Å². The molecule has 1 aromatic heterocycles. The molecule has 64 valence electrons. The Morgan fingerprint density at radius 3 is 2.92 bits per heavy atom. The van der Waals surface area contributed by atoms with Crippen LogP contribution in [0.3, 0.4) is 0 Å². The van der Waals surface area contributed by atoms with Gasteiger partial charge in [-0.25, -0.2) is 4.79 Å². The molecule has 0 aromatic carbocycles. The van der Waals surface area contributed by atoms with E-state index in [1.54, 1.807) is 5.48 Å². The van der Waals surface area contributed by atoms with Crippen molar-refractivity contribution in [2.24, 2.45) is 0 Å². The van der Waals surface area contributed by atoms with Crippen LogP contribution in [0.5, 0.6) is 0 Å². The van der Waals surface area contributed by atoms with E-state index >= 15 is 0 Å². The van der Waals surface area contributed by atoms with Crippen LogP contribution in [-0.4, -0.2) is 14.8 Å². The molecule has 0 radical (unpaired) electrons. The summed E-state index contributed by atoms with van der Waals surface area (Å²) in [4.78, 5) is 23.5. The van der Waals surface area contributed by atoms with Crippen molar-refractivity contribution in [1.82, 2.24) is 15.0 Å². The maximum Gasteiger partial charge on any atom is 0.332 e. The molecule has 12 heavy (non-hydrogen) atoms. The van der Waals surface area contributed by atoms with E-state index in [9.17, 15) is 9.59 Å². The second-order valence-electron chi connectivity index (χ2n) is 1.96.